The van der Waals surface area contributed by atoms with Crippen molar-refractivity contribution in [2.24, 2.45) is 5.73 Å². The van der Waals surface area contributed by atoms with Crippen molar-refractivity contribution in [2.75, 3.05) is 6.61 Å². The van der Waals surface area contributed by atoms with Gasteiger partial charge in [-0.05, 0) is 11.4 Å². The maximum atomic E-state index is 10.9. The molecule has 0 fully saturated rings. The Morgan fingerprint density at radius 2 is 2.58 bits per heavy atom. The van der Waals surface area contributed by atoms with Gasteiger partial charge in [0.25, 0.3) is 0 Å². The molecule has 4 nitrogen and oxygen atoms in total. The molecule has 1 rings (SSSR count). The van der Waals surface area contributed by atoms with Crippen molar-refractivity contribution >= 4 is 17.3 Å². The topological polar surface area (TPSA) is 72.5 Å². The Bertz CT molecular complexity index is 247. The summed E-state index contributed by atoms with van der Waals surface area (Å²) in [7, 11) is 0. The van der Waals surface area contributed by atoms with E-state index in [2.05, 4.69) is 0 Å². The molecule has 0 radical (unpaired) electrons. The number of hydrogen-bond acceptors (Lipinski definition) is 5. The molecular weight excluding hydrogens is 178 g/mol. The number of thiophene rings is 1. The summed E-state index contributed by atoms with van der Waals surface area (Å²) in [6.45, 7) is -0.400. The SMILES string of the molecule is N[C@@H](CO)C(=O)Oc1ccsc1. The highest BCUT2D eigenvalue weighted by Crippen LogP contribution is 2.14. The first-order chi connectivity index (χ1) is 5.74. The molecule has 0 spiro atoms. The van der Waals surface area contributed by atoms with Crippen molar-refractivity contribution in [3.8, 4) is 5.75 Å². The molecule has 5 heteroatoms. The van der Waals surface area contributed by atoms with Crippen LogP contribution in [0, 0.1) is 0 Å². The molecule has 0 aliphatic rings. The van der Waals surface area contributed by atoms with Crippen molar-refractivity contribution in [3.63, 3.8) is 0 Å². The van der Waals surface area contributed by atoms with Crippen LogP contribution in [-0.4, -0.2) is 23.7 Å². The van der Waals surface area contributed by atoms with Crippen LogP contribution in [0.3, 0.4) is 0 Å². The Hall–Kier alpha value is -0.910. The summed E-state index contributed by atoms with van der Waals surface area (Å²) in [5.41, 5.74) is 5.21. The van der Waals surface area contributed by atoms with Crippen LogP contribution in [0.25, 0.3) is 0 Å². The Balaban J connectivity index is 2.47. The molecule has 66 valence electrons. The predicted molar refractivity (Wildman–Crippen MR) is 45.0 cm³/mol. The number of ether oxygens (including phenoxy) is 1. The smallest absolute Gasteiger partial charge is 0.330 e. The number of esters is 1. The minimum absolute atomic E-state index is 0.400. The molecule has 0 aromatic carbocycles. The summed E-state index contributed by atoms with van der Waals surface area (Å²) >= 11 is 1.42. The predicted octanol–water partition coefficient (Wildman–Crippen LogP) is -0.0269. The molecule has 1 aromatic rings. The van der Waals surface area contributed by atoms with Gasteiger partial charge in [0.05, 0.1) is 6.61 Å². The van der Waals surface area contributed by atoms with Crippen LogP contribution in [0.4, 0.5) is 0 Å². The lowest BCUT2D eigenvalue weighted by Gasteiger charge is -2.05. The molecular formula is C7H9NO3S. The number of hydrogen-bond donors (Lipinski definition) is 2. The van der Waals surface area contributed by atoms with Gasteiger partial charge in [0.15, 0.2) is 0 Å². The zero-order chi connectivity index (χ0) is 8.97. The highest BCUT2D eigenvalue weighted by molar-refractivity contribution is 7.08. The molecule has 0 bridgehead atoms. The van der Waals surface area contributed by atoms with E-state index in [0.29, 0.717) is 5.75 Å². The third kappa shape index (κ3) is 2.30. The molecule has 0 saturated heterocycles. The fourth-order valence-electron chi connectivity index (χ4n) is 0.576. The zero-order valence-electron chi connectivity index (χ0n) is 6.27. The van der Waals surface area contributed by atoms with Crippen LogP contribution in [-0.2, 0) is 4.79 Å². The second-order valence-corrected chi connectivity index (χ2v) is 2.95. The normalized spacial score (nSPS) is 12.5. The van der Waals surface area contributed by atoms with Crippen molar-refractivity contribution < 1.29 is 14.6 Å². The molecule has 0 saturated carbocycles. The second kappa shape index (κ2) is 4.20. The third-order valence-electron chi connectivity index (χ3n) is 1.21. The van der Waals surface area contributed by atoms with Crippen LogP contribution >= 0.6 is 11.3 Å². The van der Waals surface area contributed by atoms with Gasteiger partial charge in [-0.1, -0.05) is 0 Å². The van der Waals surface area contributed by atoms with Gasteiger partial charge < -0.3 is 15.6 Å². The fraction of sp³-hybridized carbons (Fsp3) is 0.286. The van der Waals surface area contributed by atoms with Gasteiger partial charge in [0, 0.05) is 5.38 Å². The standard InChI is InChI=1S/C7H9NO3S/c8-6(3-9)7(10)11-5-1-2-12-4-5/h1-2,4,6,9H,3,8H2/t6-/m0/s1. The van der Waals surface area contributed by atoms with Gasteiger partial charge in [0.2, 0.25) is 0 Å². The third-order valence-corrected chi connectivity index (χ3v) is 1.87. The zero-order valence-corrected chi connectivity index (χ0v) is 7.08. The van der Waals surface area contributed by atoms with E-state index < -0.39 is 18.6 Å². The molecule has 0 aliphatic carbocycles. The quantitative estimate of drug-likeness (QED) is 0.652. The van der Waals surface area contributed by atoms with Crippen LogP contribution < -0.4 is 10.5 Å². The summed E-state index contributed by atoms with van der Waals surface area (Å²) in [6, 6.07) is 0.706. The summed E-state index contributed by atoms with van der Waals surface area (Å²) < 4.78 is 4.79. The number of rotatable bonds is 3. The molecule has 0 aliphatic heterocycles. The second-order valence-electron chi connectivity index (χ2n) is 2.17. The molecule has 0 unspecified atom stereocenters. The maximum Gasteiger partial charge on any atom is 0.330 e. The van der Waals surface area contributed by atoms with Gasteiger partial charge in [0.1, 0.15) is 11.8 Å². The summed E-state index contributed by atoms with van der Waals surface area (Å²) in [5, 5.41) is 12.0. The summed E-state index contributed by atoms with van der Waals surface area (Å²) in [4.78, 5) is 10.9. The number of carbonyl (C=O) groups is 1. The van der Waals surface area contributed by atoms with Crippen LogP contribution in [0.15, 0.2) is 16.8 Å². The maximum absolute atomic E-state index is 10.9. The minimum atomic E-state index is -0.954. The van der Waals surface area contributed by atoms with E-state index in [1.165, 1.54) is 11.3 Å². The lowest BCUT2D eigenvalue weighted by molar-refractivity contribution is -0.136. The number of nitrogens with two attached hydrogens (primary N) is 1. The molecule has 12 heavy (non-hydrogen) atoms. The van der Waals surface area contributed by atoms with Crippen molar-refractivity contribution in [1.29, 1.82) is 0 Å². The van der Waals surface area contributed by atoms with E-state index in [4.69, 9.17) is 15.6 Å². The van der Waals surface area contributed by atoms with E-state index in [0.717, 1.165) is 0 Å². The highest BCUT2D eigenvalue weighted by atomic mass is 32.1. The summed E-state index contributed by atoms with van der Waals surface area (Å²) in [6.07, 6.45) is 0. The van der Waals surface area contributed by atoms with Crippen molar-refractivity contribution in [2.45, 2.75) is 6.04 Å². The van der Waals surface area contributed by atoms with Crippen LogP contribution in [0.1, 0.15) is 0 Å². The number of aliphatic hydroxyl groups is 1. The Labute approximate surface area is 73.6 Å². The molecule has 0 amide bonds. The van der Waals surface area contributed by atoms with E-state index >= 15 is 0 Å². The van der Waals surface area contributed by atoms with Gasteiger partial charge >= 0.3 is 5.97 Å². The highest BCUT2D eigenvalue weighted by Gasteiger charge is 2.14. The van der Waals surface area contributed by atoms with E-state index in [1.807, 2.05) is 0 Å². The monoisotopic (exact) mass is 187 g/mol. The number of carbonyl (C=O) groups excluding carboxylic acids is 1. The Morgan fingerprint density at radius 1 is 1.83 bits per heavy atom. The first-order valence-corrected chi connectivity index (χ1v) is 4.28. The average Bonchev–Trinajstić information content (AvgIpc) is 2.55. The van der Waals surface area contributed by atoms with E-state index in [1.54, 1.807) is 16.8 Å². The average molecular weight is 187 g/mol. The first-order valence-electron chi connectivity index (χ1n) is 3.34. The van der Waals surface area contributed by atoms with Gasteiger partial charge in [-0.3, -0.25) is 0 Å². The van der Waals surface area contributed by atoms with Crippen LogP contribution in [0.2, 0.25) is 0 Å². The van der Waals surface area contributed by atoms with Gasteiger partial charge in [-0.2, -0.15) is 0 Å². The fourth-order valence-corrected chi connectivity index (χ4v) is 1.13. The number of aliphatic hydroxyl groups excluding tert-OH is 1. The van der Waals surface area contributed by atoms with Crippen LogP contribution in [0.5, 0.6) is 5.75 Å². The van der Waals surface area contributed by atoms with E-state index in [-0.39, 0.29) is 0 Å². The molecule has 1 aromatic heterocycles. The van der Waals surface area contributed by atoms with Gasteiger partial charge in [-0.25, -0.2) is 4.79 Å². The Morgan fingerprint density at radius 3 is 3.08 bits per heavy atom. The minimum Gasteiger partial charge on any atom is -0.424 e. The lowest BCUT2D eigenvalue weighted by atomic mass is 10.3. The molecule has 1 heterocycles. The lowest BCUT2D eigenvalue weighted by Crippen LogP contribution is -2.37. The van der Waals surface area contributed by atoms with E-state index in [9.17, 15) is 4.79 Å². The largest absolute Gasteiger partial charge is 0.424 e. The Kier molecular flexibility index (Phi) is 3.21. The van der Waals surface area contributed by atoms with Gasteiger partial charge in [-0.15, -0.1) is 11.3 Å². The summed E-state index contributed by atoms with van der Waals surface area (Å²) in [5.74, 6) is -0.148. The van der Waals surface area contributed by atoms with Crippen molar-refractivity contribution in [1.82, 2.24) is 0 Å². The molecule has 3 N–H and O–H groups in total. The first kappa shape index (κ1) is 9.18. The molecule has 1 atom stereocenters. The van der Waals surface area contributed by atoms with Crippen molar-refractivity contribution in [3.05, 3.63) is 16.8 Å².